The fourth-order valence-corrected chi connectivity index (χ4v) is 2.96. The van der Waals surface area contributed by atoms with Gasteiger partial charge in [0.15, 0.2) is 0 Å². The summed E-state index contributed by atoms with van der Waals surface area (Å²) in [5.74, 6) is 0.984. The molecule has 2 atom stereocenters. The van der Waals surface area contributed by atoms with Crippen LogP contribution in [0.4, 0.5) is 0 Å². The van der Waals surface area contributed by atoms with Crippen LogP contribution in [0.25, 0.3) is 0 Å². The van der Waals surface area contributed by atoms with E-state index in [-0.39, 0.29) is 5.60 Å². The maximum atomic E-state index is 6.18. The molecule has 1 N–H and O–H groups in total. The summed E-state index contributed by atoms with van der Waals surface area (Å²) in [5, 5.41) is 4.48. The molecule has 0 aromatic heterocycles. The minimum absolute atomic E-state index is 0.0801. The van der Waals surface area contributed by atoms with Gasteiger partial charge >= 0.3 is 0 Å². The van der Waals surface area contributed by atoms with E-state index in [0.29, 0.717) is 6.04 Å². The highest BCUT2D eigenvalue weighted by Crippen LogP contribution is 2.41. The van der Waals surface area contributed by atoms with Crippen LogP contribution < -0.4 is 10.1 Å². The molecular formula is C17H26ClNO. The van der Waals surface area contributed by atoms with Crippen molar-refractivity contribution in [2.75, 3.05) is 6.54 Å². The van der Waals surface area contributed by atoms with Gasteiger partial charge in [-0.15, -0.1) is 0 Å². The van der Waals surface area contributed by atoms with Gasteiger partial charge in [0.1, 0.15) is 11.4 Å². The van der Waals surface area contributed by atoms with Crippen molar-refractivity contribution in [2.24, 2.45) is 0 Å². The minimum Gasteiger partial charge on any atom is -0.487 e. The summed E-state index contributed by atoms with van der Waals surface area (Å²) in [5.41, 5.74) is 1.13. The molecule has 3 heteroatoms. The molecule has 1 aliphatic heterocycles. The van der Waals surface area contributed by atoms with Gasteiger partial charge in [-0.25, -0.2) is 0 Å². The third-order valence-corrected chi connectivity index (χ3v) is 4.49. The Morgan fingerprint density at radius 1 is 1.35 bits per heavy atom. The molecule has 0 aliphatic carbocycles. The van der Waals surface area contributed by atoms with Crippen LogP contribution in [0.2, 0.25) is 5.02 Å². The highest BCUT2D eigenvalue weighted by molar-refractivity contribution is 6.30. The molecule has 1 aliphatic rings. The lowest BCUT2D eigenvalue weighted by Gasteiger charge is -2.40. The van der Waals surface area contributed by atoms with Gasteiger partial charge in [-0.05, 0) is 44.5 Å². The number of benzene rings is 1. The third-order valence-electron chi connectivity index (χ3n) is 4.26. The number of unbranched alkanes of at least 4 members (excludes halogenated alkanes) is 2. The molecular weight excluding hydrogens is 270 g/mol. The summed E-state index contributed by atoms with van der Waals surface area (Å²) in [6.45, 7) is 7.68. The first-order valence-corrected chi connectivity index (χ1v) is 8.17. The second-order valence-electron chi connectivity index (χ2n) is 6.01. The molecule has 20 heavy (non-hydrogen) atoms. The minimum atomic E-state index is -0.0801. The van der Waals surface area contributed by atoms with Crippen LogP contribution in [0, 0.1) is 0 Å². The van der Waals surface area contributed by atoms with Gasteiger partial charge < -0.3 is 10.1 Å². The van der Waals surface area contributed by atoms with E-state index >= 15 is 0 Å². The molecule has 112 valence electrons. The molecule has 1 aromatic rings. The lowest BCUT2D eigenvalue weighted by atomic mass is 9.86. The van der Waals surface area contributed by atoms with Crippen LogP contribution >= 0.6 is 11.6 Å². The van der Waals surface area contributed by atoms with Crippen molar-refractivity contribution < 1.29 is 4.74 Å². The molecule has 0 fully saturated rings. The number of hydrogen-bond acceptors (Lipinski definition) is 2. The Balaban J connectivity index is 2.15. The third kappa shape index (κ3) is 3.67. The topological polar surface area (TPSA) is 21.3 Å². The van der Waals surface area contributed by atoms with Crippen molar-refractivity contribution in [3.63, 3.8) is 0 Å². The van der Waals surface area contributed by atoms with Crippen LogP contribution in [0.1, 0.15) is 64.5 Å². The van der Waals surface area contributed by atoms with E-state index in [2.05, 4.69) is 26.1 Å². The van der Waals surface area contributed by atoms with Crippen LogP contribution in [-0.2, 0) is 0 Å². The normalized spacial score (nSPS) is 25.1. The zero-order chi connectivity index (χ0) is 14.6. The van der Waals surface area contributed by atoms with E-state index in [1.54, 1.807) is 0 Å². The summed E-state index contributed by atoms with van der Waals surface area (Å²) in [4.78, 5) is 0. The van der Waals surface area contributed by atoms with E-state index in [1.165, 1.54) is 24.8 Å². The van der Waals surface area contributed by atoms with Crippen LogP contribution in [-0.4, -0.2) is 12.1 Å². The second-order valence-corrected chi connectivity index (χ2v) is 6.44. The number of ether oxygens (including phenoxy) is 1. The Bertz CT molecular complexity index is 449. The molecule has 0 saturated heterocycles. The monoisotopic (exact) mass is 295 g/mol. The summed E-state index contributed by atoms with van der Waals surface area (Å²) in [7, 11) is 0. The first-order chi connectivity index (χ1) is 9.58. The van der Waals surface area contributed by atoms with E-state index in [9.17, 15) is 0 Å². The maximum Gasteiger partial charge on any atom is 0.125 e. The molecule has 0 amide bonds. The summed E-state index contributed by atoms with van der Waals surface area (Å²) in [6, 6.07) is 6.31. The number of nitrogens with one attached hydrogen (secondary N) is 1. The van der Waals surface area contributed by atoms with Crippen molar-refractivity contribution in [2.45, 2.75) is 64.5 Å². The van der Waals surface area contributed by atoms with Gasteiger partial charge in [0.2, 0.25) is 0 Å². The lowest BCUT2D eigenvalue weighted by Crippen LogP contribution is -2.41. The van der Waals surface area contributed by atoms with Crippen molar-refractivity contribution in [1.29, 1.82) is 0 Å². The highest BCUT2D eigenvalue weighted by Gasteiger charge is 2.35. The van der Waals surface area contributed by atoms with Gasteiger partial charge in [-0.3, -0.25) is 0 Å². The van der Waals surface area contributed by atoms with Crippen LogP contribution in [0.3, 0.4) is 0 Å². The van der Waals surface area contributed by atoms with Crippen molar-refractivity contribution in [3.8, 4) is 5.75 Å². The average Bonchev–Trinajstić information content (AvgIpc) is 2.44. The van der Waals surface area contributed by atoms with Gasteiger partial charge in [0.25, 0.3) is 0 Å². The zero-order valence-electron chi connectivity index (χ0n) is 12.8. The molecule has 1 aromatic carbocycles. The summed E-state index contributed by atoms with van der Waals surface area (Å²) in [6.07, 6.45) is 5.78. The van der Waals surface area contributed by atoms with Crippen molar-refractivity contribution >= 4 is 11.6 Å². The number of fused-ring (bicyclic) bond motifs is 1. The quantitative estimate of drug-likeness (QED) is 0.736. The number of hydrogen-bond donors (Lipinski definition) is 1. The Labute approximate surface area is 127 Å². The van der Waals surface area contributed by atoms with E-state index in [1.807, 2.05) is 18.2 Å². The SMILES string of the molecule is CCCCCNC1CC(C)(CC)Oc2ccc(Cl)cc21. The van der Waals surface area contributed by atoms with Crippen LogP contribution in [0.5, 0.6) is 5.75 Å². The predicted molar refractivity (Wildman–Crippen MR) is 85.7 cm³/mol. The molecule has 0 spiro atoms. The largest absolute Gasteiger partial charge is 0.487 e. The number of halogens is 1. The van der Waals surface area contributed by atoms with Gasteiger partial charge in [-0.1, -0.05) is 38.3 Å². The first kappa shape index (κ1) is 15.7. The van der Waals surface area contributed by atoms with E-state index < -0.39 is 0 Å². The Hall–Kier alpha value is -0.730. The lowest BCUT2D eigenvalue weighted by molar-refractivity contribution is 0.0442. The van der Waals surface area contributed by atoms with E-state index in [0.717, 1.165) is 30.2 Å². The zero-order valence-corrected chi connectivity index (χ0v) is 13.6. The second kappa shape index (κ2) is 6.82. The standard InChI is InChI=1S/C17H26ClNO/c1-4-6-7-10-19-15-12-17(3,5-2)20-16-9-8-13(18)11-14(15)16/h8-9,11,15,19H,4-7,10,12H2,1-3H3. The Kier molecular flexibility index (Phi) is 5.34. The fraction of sp³-hybridized carbons (Fsp3) is 0.647. The van der Waals surface area contributed by atoms with Gasteiger partial charge in [0, 0.05) is 23.0 Å². The molecule has 0 bridgehead atoms. The molecule has 2 unspecified atom stereocenters. The molecule has 2 nitrogen and oxygen atoms in total. The Morgan fingerprint density at radius 3 is 2.85 bits per heavy atom. The van der Waals surface area contributed by atoms with E-state index in [4.69, 9.17) is 16.3 Å². The number of rotatable bonds is 6. The first-order valence-electron chi connectivity index (χ1n) is 7.80. The predicted octanol–water partition coefficient (Wildman–Crippen LogP) is 5.11. The summed E-state index contributed by atoms with van der Waals surface area (Å²) < 4.78 is 6.18. The summed E-state index contributed by atoms with van der Waals surface area (Å²) >= 11 is 6.15. The average molecular weight is 296 g/mol. The van der Waals surface area contributed by atoms with Gasteiger partial charge in [0.05, 0.1) is 0 Å². The molecule has 1 heterocycles. The smallest absolute Gasteiger partial charge is 0.125 e. The van der Waals surface area contributed by atoms with Crippen LogP contribution in [0.15, 0.2) is 18.2 Å². The molecule has 2 rings (SSSR count). The Morgan fingerprint density at radius 2 is 2.15 bits per heavy atom. The van der Waals surface area contributed by atoms with Gasteiger partial charge in [-0.2, -0.15) is 0 Å². The van der Waals surface area contributed by atoms with Crippen molar-refractivity contribution in [1.82, 2.24) is 5.32 Å². The van der Waals surface area contributed by atoms with Crippen molar-refractivity contribution in [3.05, 3.63) is 28.8 Å². The fourth-order valence-electron chi connectivity index (χ4n) is 2.78. The molecule has 0 saturated carbocycles. The highest BCUT2D eigenvalue weighted by atomic mass is 35.5. The maximum absolute atomic E-state index is 6.18. The molecule has 0 radical (unpaired) electrons.